The van der Waals surface area contributed by atoms with Gasteiger partial charge in [0.15, 0.2) is 0 Å². The average molecular weight is 592 g/mol. The summed E-state index contributed by atoms with van der Waals surface area (Å²) in [4.78, 5) is 0. The molecule has 0 saturated heterocycles. The third-order valence-electron chi connectivity index (χ3n) is 6.15. The van der Waals surface area contributed by atoms with E-state index in [2.05, 4.69) is 97.1 Å². The van der Waals surface area contributed by atoms with Crippen molar-refractivity contribution in [2.75, 3.05) is 0 Å². The van der Waals surface area contributed by atoms with Crippen LogP contribution in [0.1, 0.15) is 85.1 Å². The number of hydrogen-bond acceptors (Lipinski definition) is 0. The van der Waals surface area contributed by atoms with Crippen LogP contribution in [-0.2, 0) is 38.1 Å². The molecule has 0 unspecified atom stereocenters. The van der Waals surface area contributed by atoms with Gasteiger partial charge in [-0.05, 0) is 33.0 Å². The van der Waals surface area contributed by atoms with Gasteiger partial charge >= 0.3 is 0 Å². The van der Waals surface area contributed by atoms with Gasteiger partial charge in [0.1, 0.15) is 0 Å². The SMILES string of the molecule is C.CC.CC.CC.CC.[Y].[c-]1ccccc1C1(c2[c-]cccc2)c2ccccc2-c2ccc3ccccc3c21. The van der Waals surface area contributed by atoms with E-state index in [0.717, 1.165) is 11.1 Å². The van der Waals surface area contributed by atoms with Crippen molar-refractivity contribution in [1.29, 1.82) is 0 Å². The zero-order valence-corrected chi connectivity index (χ0v) is 27.3. The Kier molecular flexibility index (Phi) is 17.5. The molecule has 1 aliphatic rings. The summed E-state index contributed by atoms with van der Waals surface area (Å²) in [6.07, 6.45) is 0. The topological polar surface area (TPSA) is 0 Å². The van der Waals surface area contributed by atoms with Gasteiger partial charge in [0.05, 0.1) is 0 Å². The molecule has 0 N–H and O–H groups in total. The number of rotatable bonds is 2. The first-order valence-corrected chi connectivity index (χ1v) is 14.0. The maximum absolute atomic E-state index is 3.58. The zero-order valence-electron chi connectivity index (χ0n) is 24.5. The van der Waals surface area contributed by atoms with Gasteiger partial charge in [-0.3, -0.25) is 0 Å². The molecule has 0 nitrogen and oxygen atoms in total. The van der Waals surface area contributed by atoms with Crippen LogP contribution in [0, 0.1) is 12.1 Å². The van der Waals surface area contributed by atoms with Crippen LogP contribution in [0.15, 0.2) is 109 Å². The van der Waals surface area contributed by atoms with Crippen molar-refractivity contribution in [3.8, 4) is 11.1 Å². The third-order valence-corrected chi connectivity index (χ3v) is 6.15. The smallest absolute Gasteiger partial charge is 0.0272 e. The van der Waals surface area contributed by atoms with E-state index >= 15 is 0 Å². The van der Waals surface area contributed by atoms with Gasteiger partial charge in [-0.25, -0.2) is 0 Å². The van der Waals surface area contributed by atoms with Crippen molar-refractivity contribution in [3.05, 3.63) is 144 Å². The molecule has 0 saturated carbocycles. The van der Waals surface area contributed by atoms with Crippen LogP contribution < -0.4 is 0 Å². The van der Waals surface area contributed by atoms with Gasteiger partial charge < -0.3 is 0 Å². The maximum Gasteiger partial charge on any atom is 0.0272 e. The van der Waals surface area contributed by atoms with Gasteiger partial charge in [-0.1, -0.05) is 123 Å². The fraction of sp³-hybridized carbons (Fsp3) is 0.263. The molecular weight excluding hydrogens is 545 g/mol. The van der Waals surface area contributed by atoms with Crippen molar-refractivity contribution in [1.82, 2.24) is 0 Å². The van der Waals surface area contributed by atoms with Crippen LogP contribution in [0.3, 0.4) is 0 Å². The molecule has 0 atom stereocenters. The van der Waals surface area contributed by atoms with Crippen molar-refractivity contribution in [2.45, 2.75) is 68.2 Å². The van der Waals surface area contributed by atoms with Crippen LogP contribution in [0.4, 0.5) is 0 Å². The second-order valence-corrected chi connectivity index (χ2v) is 7.56. The van der Waals surface area contributed by atoms with E-state index < -0.39 is 5.41 Å². The normalized spacial score (nSPS) is 10.9. The molecule has 0 fully saturated rings. The Labute approximate surface area is 264 Å². The van der Waals surface area contributed by atoms with E-state index in [1.165, 1.54) is 33.0 Å². The van der Waals surface area contributed by atoms with Crippen molar-refractivity contribution in [2.24, 2.45) is 0 Å². The second kappa shape index (κ2) is 18.7. The first kappa shape index (κ1) is 36.5. The Morgan fingerprint density at radius 1 is 0.487 bits per heavy atom. The van der Waals surface area contributed by atoms with Crippen LogP contribution in [0.5, 0.6) is 0 Å². The summed E-state index contributed by atoms with van der Waals surface area (Å²) < 4.78 is 0. The molecular formula is C38H46Y-2. The Hall–Kier alpha value is -2.54. The largest absolute Gasteiger partial charge is 0.179 e. The van der Waals surface area contributed by atoms with Crippen molar-refractivity contribution >= 4 is 10.8 Å². The van der Waals surface area contributed by atoms with Gasteiger partial charge in [-0.15, -0.1) is 11.1 Å². The molecule has 0 aliphatic heterocycles. The summed E-state index contributed by atoms with van der Waals surface area (Å²) in [6.45, 7) is 16.0. The third kappa shape index (κ3) is 6.79. The minimum Gasteiger partial charge on any atom is -0.179 e. The molecule has 0 aromatic heterocycles. The molecule has 1 heteroatoms. The van der Waals surface area contributed by atoms with E-state index in [1.807, 2.05) is 79.7 Å². The van der Waals surface area contributed by atoms with Gasteiger partial charge in [0, 0.05) is 38.1 Å². The number of fused-ring (bicyclic) bond motifs is 5. The number of hydrogen-bond donors (Lipinski definition) is 0. The molecule has 5 aromatic carbocycles. The minimum atomic E-state index is -0.435. The summed E-state index contributed by atoms with van der Waals surface area (Å²) in [5.41, 5.74) is 7.11. The van der Waals surface area contributed by atoms with E-state index in [-0.39, 0.29) is 40.1 Å². The van der Waals surface area contributed by atoms with Crippen molar-refractivity contribution < 1.29 is 32.7 Å². The second-order valence-electron chi connectivity index (χ2n) is 7.56. The summed E-state index contributed by atoms with van der Waals surface area (Å²) in [7, 11) is 0. The molecule has 6 rings (SSSR count). The molecule has 39 heavy (non-hydrogen) atoms. The fourth-order valence-corrected chi connectivity index (χ4v) is 5.04. The van der Waals surface area contributed by atoms with E-state index in [0.29, 0.717) is 0 Å². The molecule has 1 radical (unpaired) electrons. The Balaban J connectivity index is 0.00000133. The Bertz CT molecular complexity index is 1300. The molecule has 1 aliphatic carbocycles. The van der Waals surface area contributed by atoms with Gasteiger partial charge in [0.2, 0.25) is 0 Å². The van der Waals surface area contributed by atoms with Crippen LogP contribution in [-0.4, -0.2) is 0 Å². The first-order chi connectivity index (χ1) is 18.4. The molecule has 0 amide bonds. The average Bonchev–Trinajstić information content (AvgIpc) is 3.34. The van der Waals surface area contributed by atoms with E-state index in [1.54, 1.807) is 0 Å². The summed E-state index contributed by atoms with van der Waals surface area (Å²) >= 11 is 0. The maximum atomic E-state index is 3.58. The Morgan fingerprint density at radius 2 is 0.974 bits per heavy atom. The molecule has 0 bridgehead atoms. The Morgan fingerprint density at radius 3 is 1.51 bits per heavy atom. The standard InChI is InChI=1S/C29H18.4C2H6.CH4.Y/c1-3-12-22(13-4-1)29(23-14-5-2-6-15-23)27-18-10-9-17-25(27)26-20-19-21-11-7-8-16-24(21)28(26)29;4*1-2;;/h1-12,14,16-20H;4*1-2H3;1H4;/q-2;;;;;;. The quantitative estimate of drug-likeness (QED) is 0.176. The van der Waals surface area contributed by atoms with Crippen LogP contribution >= 0.6 is 0 Å². The zero-order chi connectivity index (χ0) is 27.3. The first-order valence-electron chi connectivity index (χ1n) is 14.0. The monoisotopic (exact) mass is 591 g/mol. The van der Waals surface area contributed by atoms with Crippen molar-refractivity contribution in [3.63, 3.8) is 0 Å². The molecule has 0 spiro atoms. The predicted molar refractivity (Wildman–Crippen MR) is 171 cm³/mol. The summed E-state index contributed by atoms with van der Waals surface area (Å²) in [5.74, 6) is 0. The molecule has 0 heterocycles. The molecule has 5 aromatic rings. The number of benzene rings is 5. The fourth-order valence-electron chi connectivity index (χ4n) is 5.04. The van der Waals surface area contributed by atoms with Gasteiger partial charge in [0.25, 0.3) is 0 Å². The summed E-state index contributed by atoms with van der Waals surface area (Å²) in [6, 6.07) is 45.9. The van der Waals surface area contributed by atoms with Crippen LogP contribution in [0.2, 0.25) is 0 Å². The molecule has 203 valence electrons. The van der Waals surface area contributed by atoms with Gasteiger partial charge in [-0.2, -0.15) is 60.7 Å². The van der Waals surface area contributed by atoms with E-state index in [9.17, 15) is 0 Å². The summed E-state index contributed by atoms with van der Waals surface area (Å²) in [5, 5.41) is 2.55. The van der Waals surface area contributed by atoms with E-state index in [4.69, 9.17) is 0 Å². The predicted octanol–water partition coefficient (Wildman–Crippen LogP) is 11.5. The van der Waals surface area contributed by atoms with Crippen LogP contribution in [0.25, 0.3) is 21.9 Å². The minimum absolute atomic E-state index is 0.